The van der Waals surface area contributed by atoms with Crippen molar-refractivity contribution in [3.8, 4) is 51.0 Å². The minimum absolute atomic E-state index is 0.0697. The molecule has 2 fully saturated rings. The molecule has 0 spiro atoms. The van der Waals surface area contributed by atoms with Crippen LogP contribution in [0.2, 0.25) is 0 Å². The van der Waals surface area contributed by atoms with E-state index in [0.717, 1.165) is 61.1 Å². The van der Waals surface area contributed by atoms with E-state index in [9.17, 15) is 33.3 Å². The fraction of sp³-hybridized carbons (Fsp3) is 0.319. The van der Waals surface area contributed by atoms with Crippen molar-refractivity contribution >= 4 is 51.5 Å². The number of aromatic nitrogens is 4. The van der Waals surface area contributed by atoms with E-state index in [1.807, 2.05) is 84.1 Å². The largest absolute Gasteiger partial charge is 0.505 e. The van der Waals surface area contributed by atoms with Gasteiger partial charge in [-0.1, -0.05) is 26.0 Å². The second kappa shape index (κ2) is 27.2. The smallest absolute Gasteiger partial charge is 0.407 e. The van der Waals surface area contributed by atoms with Gasteiger partial charge < -0.3 is 62.7 Å². The molecule has 4 heterocycles. The maximum Gasteiger partial charge on any atom is 0.407 e. The lowest BCUT2D eigenvalue weighted by molar-refractivity contribution is 0.0505. The lowest BCUT2D eigenvalue weighted by Gasteiger charge is -2.22. The number of hydrogen-bond donors (Lipinski definition) is 9. The van der Waals surface area contributed by atoms with Crippen LogP contribution in [0, 0.1) is 37.1 Å². The predicted octanol–water partition coefficient (Wildman–Crippen LogP) is 13.2. The molecule has 4 aromatic heterocycles. The van der Waals surface area contributed by atoms with E-state index in [1.54, 1.807) is 47.7 Å². The van der Waals surface area contributed by atoms with E-state index in [2.05, 4.69) is 36.1 Å². The Labute approximate surface area is 530 Å². The first-order chi connectivity index (χ1) is 43.8. The number of aromatic hydroxyl groups is 3. The second-order valence-electron chi connectivity index (χ2n) is 24.3. The first kappa shape index (κ1) is 64.9. The molecule has 19 nitrogen and oxygen atoms in total. The average Bonchev–Trinajstić information content (AvgIpc) is 1.60. The van der Waals surface area contributed by atoms with Gasteiger partial charge in [0.25, 0.3) is 0 Å². The molecule has 23 heteroatoms. The van der Waals surface area contributed by atoms with Crippen molar-refractivity contribution in [2.75, 3.05) is 17.7 Å². The van der Waals surface area contributed by atoms with Crippen LogP contribution >= 0.6 is 0 Å². The number of aryl methyl sites for hydroxylation is 4. The van der Waals surface area contributed by atoms with Gasteiger partial charge >= 0.3 is 6.09 Å². The molecule has 92 heavy (non-hydrogen) atoms. The predicted molar refractivity (Wildman–Crippen MR) is 349 cm³/mol. The number of amidine groups is 2. The van der Waals surface area contributed by atoms with Crippen LogP contribution in [0.3, 0.4) is 0 Å². The number of carbonyl (C=O) groups excluding carboxylic acids is 1. The number of hydrogen-bond acceptors (Lipinski definition) is 14. The number of fused-ring (bicyclic) bond motifs is 2. The Morgan fingerprint density at radius 2 is 1.13 bits per heavy atom. The number of carbonyl (C=O) groups is 1. The SMILES string of the molecule is CCc1cc(O)c(F)cc1N=C(N)c1cnn2cc(-c3cc(F)c(O)cc3C)cc2c1N[C@@H]1CC[C@H](N)C1.CCc1cc(O)c(F)cc1N=C(N)c1cnn2cc(-c3cc(F)c(OCc4ccc(OC)cc4)cc3C)cc2c1N[C@@H]1CC[C@H](NC(=O)OC(C)(C)C)C1. The number of anilines is 2. The third-order valence-corrected chi connectivity index (χ3v) is 16.4. The molecule has 9 aromatic rings. The summed E-state index contributed by atoms with van der Waals surface area (Å²) in [6.07, 6.45) is 11.9. The van der Waals surface area contributed by atoms with E-state index < -0.39 is 52.2 Å². The van der Waals surface area contributed by atoms with Gasteiger partial charge in [0.1, 0.15) is 29.6 Å². The topological polar surface area (TPSA) is 279 Å². The number of halogens is 4. The molecule has 1 amide bonds. The summed E-state index contributed by atoms with van der Waals surface area (Å²) in [5.41, 5.74) is 29.2. The summed E-state index contributed by atoms with van der Waals surface area (Å²) in [6.45, 7) is 13.1. The second-order valence-corrected chi connectivity index (χ2v) is 24.3. The molecule has 4 atom stereocenters. The van der Waals surface area contributed by atoms with E-state index in [0.29, 0.717) is 97.4 Å². The fourth-order valence-electron chi connectivity index (χ4n) is 11.7. The monoisotopic (exact) mass is 1260 g/mol. The summed E-state index contributed by atoms with van der Waals surface area (Å²) in [4.78, 5) is 21.6. The number of nitrogens with two attached hydrogens (primary N) is 3. The molecule has 11 rings (SSSR count). The number of nitrogens with one attached hydrogen (secondary N) is 3. The Balaban J connectivity index is 0.000000214. The third kappa shape index (κ3) is 14.7. The molecule has 2 saturated carbocycles. The van der Waals surface area contributed by atoms with Crippen LogP contribution < -0.4 is 42.6 Å². The van der Waals surface area contributed by atoms with Crippen LogP contribution in [0.4, 0.5) is 45.1 Å². The quantitative estimate of drug-likeness (QED) is 0.0233. The molecule has 0 unspecified atom stereocenters. The van der Waals surface area contributed by atoms with E-state index in [4.69, 9.17) is 31.4 Å². The number of nitrogens with zero attached hydrogens (tertiary/aromatic N) is 6. The molecule has 2 aliphatic carbocycles. The third-order valence-electron chi connectivity index (χ3n) is 16.4. The van der Waals surface area contributed by atoms with Crippen LogP contribution in [-0.4, -0.2) is 89.2 Å². The molecule has 0 radical (unpaired) electrons. The molecule has 5 aromatic carbocycles. The number of phenolic OH excluding ortho intramolecular Hbond substituents is 3. The van der Waals surface area contributed by atoms with Gasteiger partial charge in [-0.15, -0.1) is 0 Å². The van der Waals surface area contributed by atoms with Crippen LogP contribution in [0.1, 0.15) is 112 Å². The average molecular weight is 1260 g/mol. The number of alkyl carbamates (subject to hydrolysis) is 1. The number of rotatable bonds is 17. The highest BCUT2D eigenvalue weighted by Gasteiger charge is 2.31. The first-order valence-corrected chi connectivity index (χ1v) is 30.4. The van der Waals surface area contributed by atoms with Crippen molar-refractivity contribution in [2.45, 2.75) is 136 Å². The van der Waals surface area contributed by atoms with Crippen molar-refractivity contribution in [1.82, 2.24) is 24.5 Å². The van der Waals surface area contributed by atoms with Crippen molar-refractivity contribution in [2.24, 2.45) is 27.2 Å². The number of methoxy groups -OCH3 is 1. The minimum Gasteiger partial charge on any atom is -0.505 e. The van der Waals surface area contributed by atoms with Crippen LogP contribution in [0.25, 0.3) is 33.3 Å². The number of amides is 1. The minimum atomic E-state index is -0.809. The molecule has 2 aliphatic rings. The number of benzene rings is 5. The highest BCUT2D eigenvalue weighted by Crippen LogP contribution is 2.39. The number of aliphatic imine (C=N–C) groups is 2. The molecular weight excluding hydrogens is 1180 g/mol. The molecule has 0 aliphatic heterocycles. The van der Waals surface area contributed by atoms with Crippen molar-refractivity contribution in [3.63, 3.8) is 0 Å². The fourth-order valence-corrected chi connectivity index (χ4v) is 11.7. The Kier molecular flexibility index (Phi) is 19.2. The highest BCUT2D eigenvalue weighted by molar-refractivity contribution is 6.08. The number of phenols is 3. The first-order valence-electron chi connectivity index (χ1n) is 30.4. The van der Waals surface area contributed by atoms with Gasteiger partial charge in [-0.25, -0.2) is 41.4 Å². The lowest BCUT2D eigenvalue weighted by atomic mass is 10.0. The Morgan fingerprint density at radius 1 is 0.652 bits per heavy atom. The van der Waals surface area contributed by atoms with Gasteiger partial charge in [0.2, 0.25) is 0 Å². The summed E-state index contributed by atoms with van der Waals surface area (Å²) < 4.78 is 78.3. The molecule has 482 valence electrons. The maximum absolute atomic E-state index is 15.6. The summed E-state index contributed by atoms with van der Waals surface area (Å²) in [7, 11) is 1.60. The Bertz CT molecular complexity index is 4300. The van der Waals surface area contributed by atoms with Gasteiger partial charge in [-0.3, -0.25) is 0 Å². The summed E-state index contributed by atoms with van der Waals surface area (Å²) >= 11 is 0. The zero-order chi connectivity index (χ0) is 65.9. The number of ether oxygens (including phenoxy) is 3. The van der Waals surface area contributed by atoms with Gasteiger partial charge in [-0.05, 0) is 186 Å². The van der Waals surface area contributed by atoms with Crippen molar-refractivity contribution in [1.29, 1.82) is 0 Å². The Hall–Kier alpha value is -10.0. The molecule has 0 saturated heterocycles. The van der Waals surface area contributed by atoms with Gasteiger partial charge in [-0.2, -0.15) is 10.2 Å². The summed E-state index contributed by atoms with van der Waals surface area (Å²) in [5.74, 6) is -3.06. The van der Waals surface area contributed by atoms with Crippen molar-refractivity contribution in [3.05, 3.63) is 172 Å². The molecule has 12 N–H and O–H groups in total. The van der Waals surface area contributed by atoms with Crippen LogP contribution in [0.15, 0.2) is 120 Å². The van der Waals surface area contributed by atoms with Crippen molar-refractivity contribution < 1.29 is 51.9 Å². The normalized spacial score (nSPS) is 16.8. The van der Waals surface area contributed by atoms with Crippen LogP contribution in [-0.2, 0) is 24.2 Å². The lowest BCUT2D eigenvalue weighted by Crippen LogP contribution is -2.38. The van der Waals surface area contributed by atoms with Crippen LogP contribution in [0.5, 0.6) is 28.7 Å². The van der Waals surface area contributed by atoms with E-state index in [1.165, 1.54) is 30.3 Å². The van der Waals surface area contributed by atoms with Gasteiger partial charge in [0.15, 0.2) is 46.3 Å². The molecule has 0 bridgehead atoms. The zero-order valence-electron chi connectivity index (χ0n) is 52.5. The Morgan fingerprint density at radius 3 is 1.63 bits per heavy atom. The summed E-state index contributed by atoms with van der Waals surface area (Å²) in [5, 5.41) is 48.8. The van der Waals surface area contributed by atoms with E-state index >= 15 is 4.39 Å². The van der Waals surface area contributed by atoms with Gasteiger partial charge in [0, 0.05) is 59.8 Å². The van der Waals surface area contributed by atoms with Gasteiger partial charge in [0.05, 0.1) is 64.4 Å². The maximum atomic E-state index is 15.6. The summed E-state index contributed by atoms with van der Waals surface area (Å²) in [6, 6.07) is 22.0. The van der Waals surface area contributed by atoms with E-state index in [-0.39, 0.29) is 53.9 Å². The standard InChI is InChI=1S/C41H46F2N6O5.C28H30F2N6O2/c1-7-25-16-36(50)32(42)19-34(25)48-39(44)31-20-45-49-21-26(15-35(49)38(31)46-27-10-11-28(17-27)47-40(51)54-41(3,4)5)30-18-33(43)37(14-23(30)2)53-22-24-8-12-29(52-6)13-9-24;1-3-15-8-26(38)22(30)11-23(15)35-28(32)20-12-33-36-13-16(19-10-21(29)25(37)6-14(19)2)7-24(36)27(20)34-18-5-4-17(31)9-18/h8-9,12-16,18-21,27-28,46,50H,7,10-11,17,22H2,1-6H3,(H2,44,48)(H,47,51);6-8,10-13,17-18,34,37-38H,3-5,9,31H2,1-2H3,(H2,32,35)/t27-,28+;17-,18+/m10/s1. The highest BCUT2D eigenvalue weighted by atomic mass is 19.1. The zero-order valence-corrected chi connectivity index (χ0v) is 52.5. The molecular formula is C69H76F4N12O7.